The fourth-order valence-electron chi connectivity index (χ4n) is 2.29. The molecule has 4 heteroatoms. The van der Waals surface area contributed by atoms with E-state index in [4.69, 9.17) is 4.74 Å². The van der Waals surface area contributed by atoms with Crippen LogP contribution < -0.4 is 0 Å². The zero-order valence-electron chi connectivity index (χ0n) is 10.3. The van der Waals surface area contributed by atoms with E-state index in [1.54, 1.807) is 11.3 Å². The van der Waals surface area contributed by atoms with Crippen molar-refractivity contribution in [3.8, 4) is 0 Å². The number of thiophene rings is 1. The van der Waals surface area contributed by atoms with Gasteiger partial charge in [0, 0.05) is 17.8 Å². The van der Waals surface area contributed by atoms with Crippen LogP contribution in [0.25, 0.3) is 10.1 Å². The summed E-state index contributed by atoms with van der Waals surface area (Å²) in [5.74, 6) is 0.150. The third-order valence-electron chi connectivity index (χ3n) is 3.34. The molecule has 2 heterocycles. The molecular formula is C14H15NO2S. The maximum absolute atomic E-state index is 12.5. The average molecular weight is 261 g/mol. The number of carbonyl (C=O) groups is 1. The molecule has 3 nitrogen and oxygen atoms in total. The van der Waals surface area contributed by atoms with Crippen LogP contribution in [0.1, 0.15) is 15.2 Å². The van der Waals surface area contributed by atoms with Gasteiger partial charge in [-0.15, -0.1) is 11.3 Å². The first-order valence-electron chi connectivity index (χ1n) is 6.12. The summed E-state index contributed by atoms with van der Waals surface area (Å²) in [6.45, 7) is 4.73. The maximum Gasteiger partial charge on any atom is 0.264 e. The SMILES string of the molecule is Cc1c(C(=O)N2CCOCC2)sc2ccccc12. The van der Waals surface area contributed by atoms with Crippen molar-refractivity contribution in [1.82, 2.24) is 4.90 Å². The monoisotopic (exact) mass is 261 g/mol. The largest absolute Gasteiger partial charge is 0.378 e. The van der Waals surface area contributed by atoms with Crippen molar-refractivity contribution in [2.75, 3.05) is 26.3 Å². The number of fused-ring (bicyclic) bond motifs is 1. The van der Waals surface area contributed by atoms with Gasteiger partial charge in [-0.3, -0.25) is 4.79 Å². The number of ether oxygens (including phenoxy) is 1. The molecule has 0 aliphatic carbocycles. The normalized spacial score (nSPS) is 16.2. The minimum Gasteiger partial charge on any atom is -0.378 e. The minimum atomic E-state index is 0.150. The number of hydrogen-bond acceptors (Lipinski definition) is 3. The summed E-state index contributed by atoms with van der Waals surface area (Å²) in [7, 11) is 0. The van der Waals surface area contributed by atoms with Crippen LogP contribution in [-0.4, -0.2) is 37.1 Å². The van der Waals surface area contributed by atoms with E-state index in [2.05, 4.69) is 12.1 Å². The minimum absolute atomic E-state index is 0.150. The van der Waals surface area contributed by atoms with Gasteiger partial charge in [-0.25, -0.2) is 0 Å². The molecule has 1 aliphatic rings. The Kier molecular flexibility index (Phi) is 3.06. The Labute approximate surface area is 110 Å². The van der Waals surface area contributed by atoms with Crippen molar-refractivity contribution in [2.45, 2.75) is 6.92 Å². The number of nitrogens with zero attached hydrogens (tertiary/aromatic N) is 1. The van der Waals surface area contributed by atoms with E-state index in [1.165, 1.54) is 10.1 Å². The summed E-state index contributed by atoms with van der Waals surface area (Å²) < 4.78 is 6.47. The first-order chi connectivity index (χ1) is 8.77. The molecular weight excluding hydrogens is 246 g/mol. The fraction of sp³-hybridized carbons (Fsp3) is 0.357. The molecule has 1 aromatic heterocycles. The van der Waals surface area contributed by atoms with Crippen LogP contribution in [0.2, 0.25) is 0 Å². The van der Waals surface area contributed by atoms with Gasteiger partial charge < -0.3 is 9.64 Å². The number of aryl methyl sites for hydroxylation is 1. The van der Waals surface area contributed by atoms with Gasteiger partial charge in [-0.05, 0) is 23.9 Å². The molecule has 0 unspecified atom stereocenters. The highest BCUT2D eigenvalue weighted by atomic mass is 32.1. The van der Waals surface area contributed by atoms with Crippen molar-refractivity contribution < 1.29 is 9.53 Å². The third kappa shape index (κ3) is 1.91. The van der Waals surface area contributed by atoms with Crippen molar-refractivity contribution in [3.05, 3.63) is 34.7 Å². The quantitative estimate of drug-likeness (QED) is 0.790. The van der Waals surface area contributed by atoms with Crippen LogP contribution in [0.15, 0.2) is 24.3 Å². The molecule has 1 aliphatic heterocycles. The molecule has 1 amide bonds. The molecule has 3 rings (SSSR count). The second-order valence-electron chi connectivity index (χ2n) is 4.46. The van der Waals surface area contributed by atoms with E-state index in [0.29, 0.717) is 26.3 Å². The molecule has 0 spiro atoms. The maximum atomic E-state index is 12.5. The lowest BCUT2D eigenvalue weighted by molar-refractivity contribution is 0.0306. The first-order valence-corrected chi connectivity index (χ1v) is 6.94. The highest BCUT2D eigenvalue weighted by Crippen LogP contribution is 2.31. The number of benzene rings is 1. The van der Waals surface area contributed by atoms with E-state index >= 15 is 0 Å². The van der Waals surface area contributed by atoms with Gasteiger partial charge in [0.2, 0.25) is 0 Å². The molecule has 2 aromatic rings. The molecule has 0 N–H and O–H groups in total. The predicted molar refractivity (Wildman–Crippen MR) is 73.3 cm³/mol. The molecule has 0 saturated carbocycles. The Hall–Kier alpha value is -1.39. The Morgan fingerprint density at radius 1 is 1.28 bits per heavy atom. The average Bonchev–Trinajstić information content (AvgIpc) is 2.77. The van der Waals surface area contributed by atoms with E-state index in [0.717, 1.165) is 10.4 Å². The van der Waals surface area contributed by atoms with Crippen LogP contribution in [0.3, 0.4) is 0 Å². The van der Waals surface area contributed by atoms with Crippen LogP contribution >= 0.6 is 11.3 Å². The molecule has 18 heavy (non-hydrogen) atoms. The molecule has 0 atom stereocenters. The lowest BCUT2D eigenvalue weighted by atomic mass is 10.1. The van der Waals surface area contributed by atoms with Crippen LogP contribution in [0, 0.1) is 6.92 Å². The third-order valence-corrected chi connectivity index (χ3v) is 4.60. The lowest BCUT2D eigenvalue weighted by Gasteiger charge is -2.26. The van der Waals surface area contributed by atoms with Gasteiger partial charge in [0.25, 0.3) is 5.91 Å². The van der Waals surface area contributed by atoms with Crippen LogP contribution in [-0.2, 0) is 4.74 Å². The lowest BCUT2D eigenvalue weighted by Crippen LogP contribution is -2.40. The standard InChI is InChI=1S/C14H15NO2S/c1-10-11-4-2-3-5-12(11)18-13(10)14(16)15-6-8-17-9-7-15/h2-5H,6-9H2,1H3. The summed E-state index contributed by atoms with van der Waals surface area (Å²) >= 11 is 1.59. The van der Waals surface area contributed by atoms with E-state index in [-0.39, 0.29) is 5.91 Å². The number of rotatable bonds is 1. The molecule has 1 fully saturated rings. The van der Waals surface area contributed by atoms with Crippen molar-refractivity contribution in [2.24, 2.45) is 0 Å². The van der Waals surface area contributed by atoms with Gasteiger partial charge in [0.05, 0.1) is 18.1 Å². The Morgan fingerprint density at radius 3 is 2.72 bits per heavy atom. The van der Waals surface area contributed by atoms with E-state index < -0.39 is 0 Å². The van der Waals surface area contributed by atoms with E-state index in [9.17, 15) is 4.79 Å². The molecule has 1 aromatic carbocycles. The Morgan fingerprint density at radius 2 is 2.00 bits per heavy atom. The van der Waals surface area contributed by atoms with Gasteiger partial charge in [0.15, 0.2) is 0 Å². The number of morpholine rings is 1. The van der Waals surface area contributed by atoms with Gasteiger partial charge in [-0.1, -0.05) is 18.2 Å². The molecule has 0 bridgehead atoms. The summed E-state index contributed by atoms with van der Waals surface area (Å²) in [5.41, 5.74) is 1.10. The highest BCUT2D eigenvalue weighted by Gasteiger charge is 2.22. The van der Waals surface area contributed by atoms with Crippen LogP contribution in [0.5, 0.6) is 0 Å². The first kappa shape index (κ1) is 11.7. The van der Waals surface area contributed by atoms with Gasteiger partial charge in [-0.2, -0.15) is 0 Å². The summed E-state index contributed by atoms with van der Waals surface area (Å²) in [5, 5.41) is 1.19. The zero-order valence-corrected chi connectivity index (χ0v) is 11.1. The second kappa shape index (κ2) is 4.71. The number of carbonyl (C=O) groups excluding carboxylic acids is 1. The second-order valence-corrected chi connectivity index (χ2v) is 5.51. The van der Waals surface area contributed by atoms with Gasteiger partial charge >= 0.3 is 0 Å². The Balaban J connectivity index is 1.98. The summed E-state index contributed by atoms with van der Waals surface area (Å²) in [6, 6.07) is 8.19. The topological polar surface area (TPSA) is 29.5 Å². The summed E-state index contributed by atoms with van der Waals surface area (Å²) in [4.78, 5) is 15.2. The van der Waals surface area contributed by atoms with Gasteiger partial charge in [0.1, 0.15) is 0 Å². The zero-order chi connectivity index (χ0) is 12.5. The van der Waals surface area contributed by atoms with Crippen molar-refractivity contribution in [3.63, 3.8) is 0 Å². The highest BCUT2D eigenvalue weighted by molar-refractivity contribution is 7.21. The fourth-order valence-corrected chi connectivity index (χ4v) is 3.47. The summed E-state index contributed by atoms with van der Waals surface area (Å²) in [6.07, 6.45) is 0. The Bertz CT molecular complexity index is 584. The molecule has 1 saturated heterocycles. The van der Waals surface area contributed by atoms with Crippen LogP contribution in [0.4, 0.5) is 0 Å². The number of amides is 1. The molecule has 94 valence electrons. The molecule has 0 radical (unpaired) electrons. The van der Waals surface area contributed by atoms with E-state index in [1.807, 2.05) is 24.0 Å². The number of hydrogen-bond donors (Lipinski definition) is 0. The predicted octanol–water partition coefficient (Wildman–Crippen LogP) is 2.68. The van der Waals surface area contributed by atoms with Crippen molar-refractivity contribution >= 4 is 27.3 Å². The van der Waals surface area contributed by atoms with Crippen molar-refractivity contribution in [1.29, 1.82) is 0 Å². The smallest absolute Gasteiger partial charge is 0.264 e.